The van der Waals surface area contributed by atoms with Crippen molar-refractivity contribution in [2.24, 2.45) is 5.92 Å². The predicted molar refractivity (Wildman–Crippen MR) is 285 cm³/mol. The van der Waals surface area contributed by atoms with E-state index in [0.29, 0.717) is 6.42 Å². The molecule has 0 spiro atoms. The van der Waals surface area contributed by atoms with Gasteiger partial charge in [0.15, 0.2) is 12.3 Å². The predicted octanol–water partition coefficient (Wildman–Crippen LogP) is 10.6. The molecular weight excluding hydrogens is 997 g/mol. The Morgan fingerprint density at radius 1 is 0.743 bits per heavy atom. The van der Waals surface area contributed by atoms with Gasteiger partial charge in [0.05, 0.1) is 19.3 Å². The number of carbonyl (C=O) groups is 2. The second-order valence-electron chi connectivity index (χ2n) is 19.4. The van der Waals surface area contributed by atoms with Crippen molar-refractivity contribution in [3.05, 3.63) is 71.4 Å². The molecule has 1 fully saturated rings. The van der Waals surface area contributed by atoms with Crippen molar-refractivity contribution >= 4 is 33.4 Å². The number of aliphatic hydroxyl groups excluding tert-OH is 3. The topological polar surface area (TPSA) is 286 Å². The highest BCUT2D eigenvalue weighted by atomic mass is 31.3. The molecule has 7 N–H and O–H groups in total. The smallest absolute Gasteiger partial charge is 0.462 e. The van der Waals surface area contributed by atoms with Crippen molar-refractivity contribution in [3.63, 3.8) is 0 Å². The van der Waals surface area contributed by atoms with E-state index in [0.717, 1.165) is 61.6 Å². The molecule has 1 aliphatic heterocycles. The highest BCUT2D eigenvalue weighted by Crippen LogP contribution is 2.60. The lowest BCUT2D eigenvalue weighted by atomic mass is 10.0. The maximum Gasteiger partial charge on any atom is 0.481 e. The van der Waals surface area contributed by atoms with Crippen LogP contribution < -0.4 is 11.4 Å². The minimum Gasteiger partial charge on any atom is -0.462 e. The van der Waals surface area contributed by atoms with Crippen LogP contribution in [0, 0.1) is 5.92 Å². The summed E-state index contributed by atoms with van der Waals surface area (Å²) >= 11 is 0. The monoisotopic (exact) mass is 1090 g/mol. The number of esters is 2. The number of anilines is 1. The summed E-state index contributed by atoms with van der Waals surface area (Å²) in [5, 5.41) is 31.3. The number of nitrogens with zero attached hydrogens (tertiary/aromatic N) is 2. The molecule has 2 unspecified atom stereocenters. The van der Waals surface area contributed by atoms with Gasteiger partial charge >= 0.3 is 33.3 Å². The second-order valence-corrected chi connectivity index (χ2v) is 22.5. The van der Waals surface area contributed by atoms with Crippen LogP contribution in [-0.2, 0) is 46.3 Å². The van der Waals surface area contributed by atoms with Crippen LogP contribution >= 0.6 is 15.6 Å². The number of hydrogen-bond acceptors (Lipinski definition) is 16. The molecule has 0 amide bonds. The number of aliphatic hydroxyl groups is 3. The largest absolute Gasteiger partial charge is 0.481 e. The number of phosphoric ester groups is 2. The molecule has 424 valence electrons. The summed E-state index contributed by atoms with van der Waals surface area (Å²) in [6, 6.07) is 1.24. The van der Waals surface area contributed by atoms with Gasteiger partial charge in [-0.2, -0.15) is 9.29 Å². The molecule has 1 aliphatic rings. The number of phosphoric acid groups is 2. The molecule has 0 radical (unpaired) electrons. The van der Waals surface area contributed by atoms with Crippen LogP contribution in [0.25, 0.3) is 0 Å². The van der Waals surface area contributed by atoms with E-state index >= 15 is 0 Å². The first-order chi connectivity index (χ1) is 35.4. The van der Waals surface area contributed by atoms with Crippen LogP contribution in [0.5, 0.6) is 0 Å². The summed E-state index contributed by atoms with van der Waals surface area (Å²) in [5.41, 5.74) is 4.58. The highest BCUT2D eigenvalue weighted by Gasteiger charge is 2.46. The molecule has 0 saturated carbocycles. The summed E-state index contributed by atoms with van der Waals surface area (Å²) < 4.78 is 56.7. The van der Waals surface area contributed by atoms with Gasteiger partial charge in [0.1, 0.15) is 30.7 Å². The zero-order chi connectivity index (χ0) is 54.5. The number of allylic oxidation sites excluding steroid dienone is 7. The van der Waals surface area contributed by atoms with E-state index in [2.05, 4.69) is 54.4 Å². The number of nitrogens with two attached hydrogens (primary N) is 1. The third-order valence-electron chi connectivity index (χ3n) is 12.2. The van der Waals surface area contributed by atoms with Crippen LogP contribution in [0.4, 0.5) is 5.82 Å². The fraction of sp³-hybridized carbons (Fsp3) is 0.736. The fourth-order valence-electron chi connectivity index (χ4n) is 7.95. The minimum atomic E-state index is -5.47. The number of nitrogen functional groups attached to an aromatic ring is 1. The normalized spacial score (nSPS) is 19.7. The van der Waals surface area contributed by atoms with Crippen LogP contribution in [0.3, 0.4) is 0 Å². The summed E-state index contributed by atoms with van der Waals surface area (Å²) in [6.07, 6.45) is 33.6. The molecule has 0 bridgehead atoms. The van der Waals surface area contributed by atoms with Crippen molar-refractivity contribution < 1.29 is 71.4 Å². The first kappa shape index (κ1) is 66.8. The lowest BCUT2D eigenvalue weighted by molar-refractivity contribution is -0.161. The average Bonchev–Trinajstić information content (AvgIpc) is 3.62. The number of hydrogen-bond donors (Lipinski definition) is 6. The quantitative estimate of drug-likeness (QED) is 0.0116. The Labute approximate surface area is 440 Å². The molecule has 2 heterocycles. The van der Waals surface area contributed by atoms with Crippen LogP contribution in [0.2, 0.25) is 0 Å². The van der Waals surface area contributed by atoms with Crippen molar-refractivity contribution in [1.29, 1.82) is 0 Å². The molecule has 19 nitrogen and oxygen atoms in total. The zero-order valence-electron chi connectivity index (χ0n) is 44.4. The molecular formula is C53H91N3O16P2. The van der Waals surface area contributed by atoms with Gasteiger partial charge in [-0.25, -0.2) is 13.9 Å². The van der Waals surface area contributed by atoms with Gasteiger partial charge in [0.25, 0.3) is 0 Å². The van der Waals surface area contributed by atoms with Crippen molar-refractivity contribution in [2.75, 3.05) is 25.6 Å². The first-order valence-corrected chi connectivity index (χ1v) is 30.1. The van der Waals surface area contributed by atoms with Crippen LogP contribution in [0.15, 0.2) is 65.7 Å². The van der Waals surface area contributed by atoms with Crippen molar-refractivity contribution in [3.8, 4) is 0 Å². The Hall–Kier alpha value is -3.32. The van der Waals surface area contributed by atoms with E-state index in [9.17, 15) is 48.6 Å². The zero-order valence-corrected chi connectivity index (χ0v) is 46.2. The van der Waals surface area contributed by atoms with E-state index in [1.807, 2.05) is 12.2 Å². The molecule has 2 rings (SSSR count). The third-order valence-corrected chi connectivity index (χ3v) is 14.8. The fourth-order valence-corrected chi connectivity index (χ4v) is 10.1. The minimum absolute atomic E-state index is 0.0881. The highest BCUT2D eigenvalue weighted by molar-refractivity contribution is 7.61. The van der Waals surface area contributed by atoms with Gasteiger partial charge in [-0.15, -0.1) is 0 Å². The molecule has 1 aromatic rings. The van der Waals surface area contributed by atoms with Crippen LogP contribution in [0.1, 0.15) is 194 Å². The lowest BCUT2D eigenvalue weighted by Gasteiger charge is -2.21. The van der Waals surface area contributed by atoms with Gasteiger partial charge in [-0.1, -0.05) is 179 Å². The molecule has 0 aliphatic carbocycles. The van der Waals surface area contributed by atoms with Gasteiger partial charge in [0, 0.05) is 19.0 Å². The Morgan fingerprint density at radius 3 is 1.95 bits per heavy atom. The molecule has 1 saturated heterocycles. The van der Waals surface area contributed by atoms with Crippen molar-refractivity contribution in [2.45, 2.75) is 224 Å². The summed E-state index contributed by atoms with van der Waals surface area (Å²) in [5.74, 6) is -0.706. The number of rotatable bonds is 44. The van der Waals surface area contributed by atoms with E-state index in [1.165, 1.54) is 96.0 Å². The van der Waals surface area contributed by atoms with E-state index in [4.69, 9.17) is 29.0 Å². The number of aromatic nitrogens is 2. The maximum absolute atomic E-state index is 12.9. The Morgan fingerprint density at radius 2 is 1.32 bits per heavy atom. The molecule has 74 heavy (non-hydrogen) atoms. The Bertz CT molecular complexity index is 1960. The average molecular weight is 1090 g/mol. The van der Waals surface area contributed by atoms with E-state index in [1.54, 1.807) is 12.2 Å². The van der Waals surface area contributed by atoms with Gasteiger partial charge in [-0.05, 0) is 56.9 Å². The van der Waals surface area contributed by atoms with Gasteiger partial charge in [0.2, 0.25) is 0 Å². The van der Waals surface area contributed by atoms with Crippen LogP contribution in [-0.4, -0.2) is 96.9 Å². The summed E-state index contributed by atoms with van der Waals surface area (Å²) in [6.45, 7) is 4.28. The summed E-state index contributed by atoms with van der Waals surface area (Å²) in [4.78, 5) is 62.0. The standard InChI is InChI=1S/C53H91N3O16P2/c1-4-5-6-7-8-9-10-14-18-21-24-27-30-34-44(57)35-32-37-49(59)70-45(40-67-48(58)36-31-28-25-22-19-16-13-11-12-15-17-20-23-26-29-33-43(2)3)41-68-73(63,64)72-74(65,66)69-42-46-50(60)51(61)52(71-46)56-39-38-47(54)55-53(56)62/h8-9,14,18,24,27,30,34,38-39,43-46,50-52,57,60-61H,4-7,10-13,15-17,19-23,25-26,28-29,31-33,35-37,40-42H2,1-3H3,(H,63,64)(H,65,66)(H2,54,55,62)/b9-8-,18-14-,27-24-,34-30+/t44-,45+,46+,50+,51+,52+/m0/s1. The lowest BCUT2D eigenvalue weighted by Crippen LogP contribution is -2.36. The Balaban J connectivity index is 1.83. The second kappa shape index (κ2) is 40.0. The number of ether oxygens (including phenoxy) is 3. The van der Waals surface area contributed by atoms with Gasteiger partial charge < -0.3 is 45.1 Å². The molecule has 8 atom stereocenters. The van der Waals surface area contributed by atoms with E-state index in [-0.39, 0.29) is 31.5 Å². The maximum atomic E-state index is 12.9. The summed E-state index contributed by atoms with van der Waals surface area (Å²) in [7, 11) is -10.9. The molecule has 1 aromatic heterocycles. The SMILES string of the molecule is CCCCC/C=C\C/C=C\C/C=C\C=C\[C@H](O)CCCC(=O)O[C@H](COC(=O)CCCCCCCCCCCCCCCCCC(C)C)COP(=O)(O)OP(=O)(O)OC[C@H]1O[C@@H](n2ccc(N)nc2=O)[C@H](O)[C@@H]1O. The molecule has 0 aromatic carbocycles. The molecule has 21 heteroatoms. The van der Waals surface area contributed by atoms with Crippen molar-refractivity contribution in [1.82, 2.24) is 9.55 Å². The number of carbonyl (C=O) groups excluding carboxylic acids is 2. The Kier molecular flexibility index (Phi) is 36.1. The third kappa shape index (κ3) is 33.0. The first-order valence-electron chi connectivity index (χ1n) is 27.1. The van der Waals surface area contributed by atoms with E-state index < -0.39 is 89.8 Å². The van der Waals surface area contributed by atoms with Gasteiger partial charge in [-0.3, -0.25) is 23.2 Å². The number of unbranched alkanes of at least 4 members (excludes halogenated alkanes) is 17.